The first-order valence-electron chi connectivity index (χ1n) is 18.4. The predicted octanol–water partition coefficient (Wildman–Crippen LogP) is 14.4. The number of para-hydroxylation sites is 2. The van der Waals surface area contributed by atoms with Crippen molar-refractivity contribution in [1.29, 1.82) is 0 Å². The zero-order valence-electron chi connectivity index (χ0n) is 29.0. The summed E-state index contributed by atoms with van der Waals surface area (Å²) in [6.45, 7) is 0. The van der Waals surface area contributed by atoms with E-state index in [1.54, 1.807) is 0 Å². The topological polar surface area (TPSA) is 4.93 Å². The first kappa shape index (κ1) is 29.7. The number of aromatic nitrogens is 1. The Labute approximate surface area is 307 Å². The Bertz CT molecular complexity index is 3150. The molecule has 10 aromatic carbocycles. The van der Waals surface area contributed by atoms with Crippen LogP contribution in [-0.4, -0.2) is 4.57 Å². The third kappa shape index (κ3) is 4.58. The molecule has 53 heavy (non-hydrogen) atoms. The molecule has 1 aromatic heterocycles. The molecule has 1 nitrogen and oxygen atoms in total. The van der Waals surface area contributed by atoms with Crippen molar-refractivity contribution in [2.75, 3.05) is 0 Å². The van der Waals surface area contributed by atoms with Crippen LogP contribution in [0.3, 0.4) is 0 Å². The lowest BCUT2D eigenvalue weighted by atomic mass is 9.83. The molecule has 0 radical (unpaired) electrons. The van der Waals surface area contributed by atoms with Crippen LogP contribution in [0.15, 0.2) is 200 Å². The van der Waals surface area contributed by atoms with Crippen molar-refractivity contribution in [2.24, 2.45) is 0 Å². The molecule has 1 heteroatoms. The number of hydrogen-bond donors (Lipinski definition) is 0. The Morgan fingerprint density at radius 1 is 0.264 bits per heavy atom. The molecule has 0 aliphatic heterocycles. The third-order valence-electron chi connectivity index (χ3n) is 11.1. The highest BCUT2D eigenvalue weighted by Gasteiger charge is 2.20. The molecular weight excluding hydrogens is 639 g/mol. The fraction of sp³-hybridized carbons (Fsp3) is 0. The minimum Gasteiger partial charge on any atom is -0.309 e. The maximum atomic E-state index is 2.44. The van der Waals surface area contributed by atoms with E-state index in [1.165, 1.54) is 104 Å². The van der Waals surface area contributed by atoms with Gasteiger partial charge in [0.15, 0.2) is 0 Å². The molecule has 11 rings (SSSR count). The summed E-state index contributed by atoms with van der Waals surface area (Å²) in [5.41, 5.74) is 11.1. The van der Waals surface area contributed by atoms with Crippen LogP contribution in [0.5, 0.6) is 0 Å². The Balaban J connectivity index is 1.21. The van der Waals surface area contributed by atoms with Crippen LogP contribution < -0.4 is 0 Å². The van der Waals surface area contributed by atoms with Gasteiger partial charge in [0.05, 0.1) is 16.7 Å². The molecule has 0 fully saturated rings. The van der Waals surface area contributed by atoms with E-state index in [0.29, 0.717) is 0 Å². The van der Waals surface area contributed by atoms with Gasteiger partial charge >= 0.3 is 0 Å². The minimum atomic E-state index is 1.20. The fourth-order valence-corrected chi connectivity index (χ4v) is 8.82. The number of fused-ring (bicyclic) bond motifs is 7. The van der Waals surface area contributed by atoms with E-state index in [1.807, 2.05) is 0 Å². The van der Waals surface area contributed by atoms with Crippen LogP contribution in [0.2, 0.25) is 0 Å². The van der Waals surface area contributed by atoms with Gasteiger partial charge in [-0.15, -0.1) is 0 Å². The Hall–Kier alpha value is -6.96. The van der Waals surface area contributed by atoms with Gasteiger partial charge in [0.25, 0.3) is 0 Å². The van der Waals surface area contributed by atoms with Crippen molar-refractivity contribution >= 4 is 64.9 Å². The summed E-state index contributed by atoms with van der Waals surface area (Å²) in [5.74, 6) is 0. The lowest BCUT2D eigenvalue weighted by Crippen LogP contribution is -1.96. The molecule has 0 aliphatic carbocycles. The lowest BCUT2D eigenvalue weighted by molar-refractivity contribution is 1.20. The molecule has 0 amide bonds. The van der Waals surface area contributed by atoms with E-state index in [2.05, 4.69) is 205 Å². The maximum absolute atomic E-state index is 2.44. The van der Waals surface area contributed by atoms with E-state index >= 15 is 0 Å². The molecule has 0 N–H and O–H groups in total. The predicted molar refractivity (Wildman–Crippen MR) is 227 cm³/mol. The van der Waals surface area contributed by atoms with E-state index in [4.69, 9.17) is 0 Å². The van der Waals surface area contributed by atoms with Crippen molar-refractivity contribution in [1.82, 2.24) is 4.57 Å². The van der Waals surface area contributed by atoms with Crippen molar-refractivity contribution in [2.45, 2.75) is 0 Å². The van der Waals surface area contributed by atoms with Gasteiger partial charge in [-0.2, -0.15) is 0 Å². The van der Waals surface area contributed by atoms with E-state index in [-0.39, 0.29) is 0 Å². The SMILES string of the molecule is c1ccc(-c2ccc3c(-c4cccc5cc6c(-n7c8ccccc8c8ccccc87)cccc6cc45)c4ccccc4c(-c4ccccc4)c3c2)cc1. The molecule has 11 aromatic rings. The van der Waals surface area contributed by atoms with Gasteiger partial charge < -0.3 is 4.57 Å². The smallest absolute Gasteiger partial charge is 0.0541 e. The second-order valence-corrected chi connectivity index (χ2v) is 14.0. The summed E-state index contributed by atoms with van der Waals surface area (Å²) in [6, 6.07) is 73.6. The number of rotatable bonds is 4. The Morgan fingerprint density at radius 3 is 1.49 bits per heavy atom. The monoisotopic (exact) mass is 671 g/mol. The van der Waals surface area contributed by atoms with Gasteiger partial charge in [0, 0.05) is 16.2 Å². The molecular formula is C52H33N. The Kier molecular flexibility index (Phi) is 6.62. The van der Waals surface area contributed by atoms with Crippen LogP contribution in [-0.2, 0) is 0 Å². The lowest BCUT2D eigenvalue weighted by Gasteiger charge is -2.20. The summed E-state index contributed by atoms with van der Waals surface area (Å²) >= 11 is 0. The zero-order chi connectivity index (χ0) is 34.9. The summed E-state index contributed by atoms with van der Waals surface area (Å²) in [4.78, 5) is 0. The number of benzene rings is 10. The third-order valence-corrected chi connectivity index (χ3v) is 11.1. The first-order chi connectivity index (χ1) is 26.3. The number of hydrogen-bond acceptors (Lipinski definition) is 0. The van der Waals surface area contributed by atoms with Crippen molar-refractivity contribution in [3.8, 4) is 39.1 Å². The standard InChI is InChI=1S/C52H33N/c1-3-15-34(16-4-1)36-29-30-44-47(31-36)51(35-17-5-2-6-18-35)41-23-7-8-24-42(41)52(44)43-25-13-19-37-33-46-38(32-45(37)43)20-14-28-50(46)53-48-26-11-9-21-39(48)40-22-10-12-27-49(40)53/h1-33H. The largest absolute Gasteiger partial charge is 0.309 e. The molecule has 0 aliphatic rings. The summed E-state index contributed by atoms with van der Waals surface area (Å²) < 4.78 is 2.44. The molecule has 0 spiro atoms. The average Bonchev–Trinajstić information content (AvgIpc) is 3.56. The molecule has 0 atom stereocenters. The highest BCUT2D eigenvalue weighted by molar-refractivity contribution is 6.24. The van der Waals surface area contributed by atoms with Gasteiger partial charge in [-0.3, -0.25) is 0 Å². The molecule has 246 valence electrons. The molecule has 0 bridgehead atoms. The molecule has 0 unspecified atom stereocenters. The van der Waals surface area contributed by atoms with Gasteiger partial charge in [-0.05, 0) is 107 Å². The molecule has 0 saturated heterocycles. The second-order valence-electron chi connectivity index (χ2n) is 14.0. The molecule has 1 heterocycles. The average molecular weight is 672 g/mol. The summed E-state index contributed by atoms with van der Waals surface area (Å²) in [6.07, 6.45) is 0. The summed E-state index contributed by atoms with van der Waals surface area (Å²) in [7, 11) is 0. The van der Waals surface area contributed by atoms with Gasteiger partial charge in [-0.1, -0.05) is 164 Å². The van der Waals surface area contributed by atoms with Crippen LogP contribution in [0.25, 0.3) is 104 Å². The van der Waals surface area contributed by atoms with Gasteiger partial charge in [0.2, 0.25) is 0 Å². The van der Waals surface area contributed by atoms with E-state index < -0.39 is 0 Å². The van der Waals surface area contributed by atoms with E-state index in [9.17, 15) is 0 Å². The van der Waals surface area contributed by atoms with E-state index in [0.717, 1.165) is 0 Å². The second kappa shape index (κ2) is 11.8. The van der Waals surface area contributed by atoms with Crippen LogP contribution >= 0.6 is 0 Å². The number of nitrogens with zero attached hydrogens (tertiary/aromatic N) is 1. The van der Waals surface area contributed by atoms with Gasteiger partial charge in [0.1, 0.15) is 0 Å². The Morgan fingerprint density at radius 2 is 0.792 bits per heavy atom. The normalized spacial score (nSPS) is 11.8. The van der Waals surface area contributed by atoms with Crippen molar-refractivity contribution in [3.63, 3.8) is 0 Å². The molecule has 0 saturated carbocycles. The highest BCUT2D eigenvalue weighted by atomic mass is 15.0. The van der Waals surface area contributed by atoms with Crippen molar-refractivity contribution < 1.29 is 0 Å². The van der Waals surface area contributed by atoms with Crippen LogP contribution in [0.4, 0.5) is 0 Å². The highest BCUT2D eigenvalue weighted by Crippen LogP contribution is 2.47. The zero-order valence-corrected chi connectivity index (χ0v) is 29.0. The van der Waals surface area contributed by atoms with Gasteiger partial charge in [-0.25, -0.2) is 0 Å². The summed E-state index contributed by atoms with van der Waals surface area (Å²) in [5, 5.41) is 12.5. The van der Waals surface area contributed by atoms with Crippen LogP contribution in [0, 0.1) is 0 Å². The quantitative estimate of drug-likeness (QED) is 0.164. The fourth-order valence-electron chi connectivity index (χ4n) is 8.82. The van der Waals surface area contributed by atoms with Crippen LogP contribution in [0.1, 0.15) is 0 Å². The van der Waals surface area contributed by atoms with Crippen molar-refractivity contribution in [3.05, 3.63) is 200 Å². The maximum Gasteiger partial charge on any atom is 0.0541 e. The minimum absolute atomic E-state index is 1.20. The first-order valence-corrected chi connectivity index (χ1v) is 18.4.